The molecule has 7 heteroatoms. The molecule has 0 unspecified atom stereocenters. The van der Waals surface area contributed by atoms with Crippen LogP contribution in [-0.2, 0) is 16.0 Å². The van der Waals surface area contributed by atoms with Gasteiger partial charge in [-0.2, -0.15) is 0 Å². The highest BCUT2D eigenvalue weighted by molar-refractivity contribution is 7.15. The van der Waals surface area contributed by atoms with Crippen LogP contribution < -0.4 is 10.2 Å². The summed E-state index contributed by atoms with van der Waals surface area (Å²) >= 11 is 1.59. The molecule has 1 aromatic carbocycles. The molecule has 1 saturated carbocycles. The third kappa shape index (κ3) is 3.33. The molecule has 170 valence electrons. The maximum atomic E-state index is 12.8. The van der Waals surface area contributed by atoms with Crippen molar-refractivity contribution < 1.29 is 14.3 Å². The zero-order valence-electron chi connectivity index (χ0n) is 19.3. The van der Waals surface area contributed by atoms with Gasteiger partial charge in [0.15, 0.2) is 5.13 Å². The van der Waals surface area contributed by atoms with Crippen molar-refractivity contribution in [3.63, 3.8) is 0 Å². The standard InChI is InChI=1S/C25H31N3O3S/c1-13-17-10-11-25(3)12-18-20(14(2)19(25)21(17)31-23(13)30)26-24(32-18)27-22(29)15-6-8-16(9-7-15)28(4)5/h6-9,13-14,17,19,21H,10-12H2,1-5H3,(H,26,27,29)/t13-,14+,17-,19+,21+,25+/m0/s1. The van der Waals surface area contributed by atoms with Crippen molar-refractivity contribution in [1.29, 1.82) is 0 Å². The van der Waals surface area contributed by atoms with Crippen molar-refractivity contribution in [3.8, 4) is 0 Å². The molecule has 0 bridgehead atoms. The summed E-state index contributed by atoms with van der Waals surface area (Å²) in [6, 6.07) is 7.56. The molecule has 32 heavy (non-hydrogen) atoms. The molecular formula is C25H31N3O3S. The number of thiazole rings is 1. The van der Waals surface area contributed by atoms with E-state index in [2.05, 4.69) is 19.2 Å². The van der Waals surface area contributed by atoms with Crippen LogP contribution in [0, 0.1) is 23.2 Å². The summed E-state index contributed by atoms with van der Waals surface area (Å²) in [5, 5.41) is 3.66. The van der Waals surface area contributed by atoms with Crippen molar-refractivity contribution in [1.82, 2.24) is 4.98 Å². The van der Waals surface area contributed by atoms with Gasteiger partial charge in [-0.25, -0.2) is 4.98 Å². The predicted molar refractivity (Wildman–Crippen MR) is 126 cm³/mol. The third-order valence-electron chi connectivity index (χ3n) is 8.02. The first-order chi connectivity index (χ1) is 15.2. The van der Waals surface area contributed by atoms with Gasteiger partial charge in [0, 0.05) is 48.0 Å². The molecule has 2 aromatic rings. The minimum Gasteiger partial charge on any atom is -0.461 e. The van der Waals surface area contributed by atoms with E-state index in [1.807, 2.05) is 50.2 Å². The van der Waals surface area contributed by atoms with Crippen molar-refractivity contribution in [2.45, 2.75) is 52.1 Å². The van der Waals surface area contributed by atoms with Crippen LogP contribution in [0.25, 0.3) is 0 Å². The molecule has 3 aliphatic rings. The van der Waals surface area contributed by atoms with Gasteiger partial charge in [0.1, 0.15) is 6.10 Å². The van der Waals surface area contributed by atoms with E-state index in [0.717, 1.165) is 30.6 Å². The fourth-order valence-electron chi connectivity index (χ4n) is 6.21. The first-order valence-corrected chi connectivity index (χ1v) is 12.3. The zero-order valence-corrected chi connectivity index (χ0v) is 20.2. The number of anilines is 2. The number of amides is 1. The SMILES string of the molecule is C[C@@H]1C(=O)O[C@@H]2[C@H]1CC[C@]1(C)Cc3sc(NC(=O)c4ccc(N(C)C)cc4)nc3[C@H](C)[C@H]21. The summed E-state index contributed by atoms with van der Waals surface area (Å²) in [6.07, 6.45) is 3.05. The molecule has 2 fully saturated rings. The molecule has 1 saturated heterocycles. The number of esters is 1. The number of nitrogens with zero attached hydrogens (tertiary/aromatic N) is 2. The van der Waals surface area contributed by atoms with Gasteiger partial charge in [-0.05, 0) is 48.9 Å². The summed E-state index contributed by atoms with van der Waals surface area (Å²) in [5.74, 6) is 0.572. The lowest BCUT2D eigenvalue weighted by Gasteiger charge is -2.51. The zero-order chi connectivity index (χ0) is 22.8. The third-order valence-corrected chi connectivity index (χ3v) is 9.01. The van der Waals surface area contributed by atoms with Gasteiger partial charge in [-0.3, -0.25) is 14.9 Å². The van der Waals surface area contributed by atoms with Gasteiger partial charge in [-0.1, -0.05) is 20.8 Å². The Morgan fingerprint density at radius 3 is 2.62 bits per heavy atom. The van der Waals surface area contributed by atoms with Gasteiger partial charge in [0.05, 0.1) is 11.6 Å². The summed E-state index contributed by atoms with van der Waals surface area (Å²) in [5.41, 5.74) is 2.82. The number of carbonyl (C=O) groups excluding carboxylic acids is 2. The van der Waals surface area contributed by atoms with Crippen LogP contribution in [0.5, 0.6) is 0 Å². The minimum atomic E-state index is -0.142. The van der Waals surface area contributed by atoms with Gasteiger partial charge in [0.25, 0.3) is 5.91 Å². The van der Waals surface area contributed by atoms with Crippen molar-refractivity contribution in [3.05, 3.63) is 40.4 Å². The molecule has 0 radical (unpaired) electrons. The highest BCUT2D eigenvalue weighted by Crippen LogP contribution is 2.59. The summed E-state index contributed by atoms with van der Waals surface area (Å²) < 4.78 is 5.92. The van der Waals surface area contributed by atoms with E-state index in [0.29, 0.717) is 16.6 Å². The van der Waals surface area contributed by atoms with Crippen molar-refractivity contribution in [2.75, 3.05) is 24.3 Å². The normalized spacial score (nSPS) is 33.0. The molecule has 1 amide bonds. The molecule has 6 nitrogen and oxygen atoms in total. The van der Waals surface area contributed by atoms with Crippen LogP contribution in [0.2, 0.25) is 0 Å². The lowest BCUT2D eigenvalue weighted by molar-refractivity contribution is -0.149. The number of rotatable bonds is 3. The summed E-state index contributed by atoms with van der Waals surface area (Å²) in [4.78, 5) is 33.2. The first-order valence-electron chi connectivity index (χ1n) is 11.5. The Bertz CT molecular complexity index is 1060. The fraction of sp³-hybridized carbons (Fsp3) is 0.560. The van der Waals surface area contributed by atoms with Gasteiger partial charge < -0.3 is 9.64 Å². The smallest absolute Gasteiger partial charge is 0.309 e. The summed E-state index contributed by atoms with van der Waals surface area (Å²) in [6.45, 7) is 6.57. The van der Waals surface area contributed by atoms with Crippen LogP contribution in [-0.4, -0.2) is 37.1 Å². The van der Waals surface area contributed by atoms with Crippen LogP contribution in [0.1, 0.15) is 60.5 Å². The number of carbonyl (C=O) groups is 2. The molecule has 2 aliphatic carbocycles. The predicted octanol–water partition coefficient (Wildman–Crippen LogP) is 4.72. The Kier molecular flexibility index (Phi) is 5.08. The Morgan fingerprint density at radius 1 is 1.22 bits per heavy atom. The molecular weight excluding hydrogens is 422 g/mol. The van der Waals surface area contributed by atoms with Gasteiger partial charge >= 0.3 is 5.97 Å². The molecule has 1 N–H and O–H groups in total. The molecule has 1 aromatic heterocycles. The second kappa shape index (κ2) is 7.58. The average Bonchev–Trinajstić information content (AvgIpc) is 3.27. The quantitative estimate of drug-likeness (QED) is 0.681. The van der Waals surface area contributed by atoms with Crippen molar-refractivity contribution in [2.24, 2.45) is 23.2 Å². The number of benzene rings is 1. The number of ether oxygens (including phenoxy) is 1. The lowest BCUT2D eigenvalue weighted by atomic mass is 9.54. The highest BCUT2D eigenvalue weighted by Gasteiger charge is 2.58. The second-order valence-electron chi connectivity index (χ2n) is 10.3. The Morgan fingerprint density at radius 2 is 1.94 bits per heavy atom. The Labute approximate surface area is 193 Å². The van der Waals surface area contributed by atoms with E-state index < -0.39 is 0 Å². The van der Waals surface area contributed by atoms with Gasteiger partial charge in [-0.15, -0.1) is 11.3 Å². The molecule has 6 atom stereocenters. The van der Waals surface area contributed by atoms with E-state index in [9.17, 15) is 9.59 Å². The number of hydrogen-bond acceptors (Lipinski definition) is 6. The minimum absolute atomic E-state index is 0.0117. The van der Waals surface area contributed by atoms with Crippen LogP contribution >= 0.6 is 11.3 Å². The van der Waals surface area contributed by atoms with Gasteiger partial charge in [0.2, 0.25) is 0 Å². The van der Waals surface area contributed by atoms with E-state index in [1.165, 1.54) is 4.88 Å². The topological polar surface area (TPSA) is 71.5 Å². The largest absolute Gasteiger partial charge is 0.461 e. The Balaban J connectivity index is 1.38. The maximum Gasteiger partial charge on any atom is 0.309 e. The molecule has 0 spiro atoms. The lowest BCUT2D eigenvalue weighted by Crippen LogP contribution is -2.50. The van der Waals surface area contributed by atoms with E-state index >= 15 is 0 Å². The fourth-order valence-corrected chi connectivity index (χ4v) is 7.47. The molecule has 5 rings (SSSR count). The highest BCUT2D eigenvalue weighted by atomic mass is 32.1. The van der Waals surface area contributed by atoms with E-state index in [1.54, 1.807) is 11.3 Å². The van der Waals surface area contributed by atoms with Crippen molar-refractivity contribution >= 4 is 34.0 Å². The Hall–Kier alpha value is -2.41. The monoisotopic (exact) mass is 453 g/mol. The first kappa shape index (κ1) is 21.4. The number of nitrogens with one attached hydrogen (secondary N) is 1. The number of hydrogen-bond donors (Lipinski definition) is 1. The number of aromatic nitrogens is 1. The average molecular weight is 454 g/mol. The van der Waals surface area contributed by atoms with Crippen LogP contribution in [0.3, 0.4) is 0 Å². The van der Waals surface area contributed by atoms with Crippen LogP contribution in [0.15, 0.2) is 24.3 Å². The molecule has 2 heterocycles. The number of fused-ring (bicyclic) bond motifs is 4. The van der Waals surface area contributed by atoms with E-state index in [4.69, 9.17) is 9.72 Å². The maximum absolute atomic E-state index is 12.8. The van der Waals surface area contributed by atoms with Crippen LogP contribution in [0.4, 0.5) is 10.8 Å². The summed E-state index contributed by atoms with van der Waals surface area (Å²) in [7, 11) is 3.95. The molecule has 1 aliphatic heterocycles. The van der Waals surface area contributed by atoms with E-state index in [-0.39, 0.29) is 41.1 Å². The second-order valence-corrected chi connectivity index (χ2v) is 11.3.